The summed E-state index contributed by atoms with van der Waals surface area (Å²) in [4.78, 5) is 2.85. The van der Waals surface area contributed by atoms with Crippen molar-refractivity contribution in [2.75, 3.05) is 19.6 Å². The molecule has 2 aliphatic rings. The molecular weight excluding hydrogens is 244 g/mol. The fraction of sp³-hybridized carbons (Fsp3) is 1.00. The van der Waals surface area contributed by atoms with Crippen LogP contribution in [0.5, 0.6) is 0 Å². The zero-order valence-corrected chi connectivity index (χ0v) is 14.0. The molecule has 2 atom stereocenters. The molecule has 2 fully saturated rings. The minimum Gasteiger partial charge on any atom is -0.311 e. The molecule has 1 N–H and O–H groups in total. The van der Waals surface area contributed by atoms with Crippen LogP contribution in [-0.2, 0) is 0 Å². The lowest BCUT2D eigenvalue weighted by Crippen LogP contribution is -2.59. The van der Waals surface area contributed by atoms with Crippen LogP contribution in [-0.4, -0.2) is 36.6 Å². The third-order valence-electron chi connectivity index (χ3n) is 5.29. The van der Waals surface area contributed by atoms with Crippen LogP contribution in [0.3, 0.4) is 0 Å². The summed E-state index contributed by atoms with van der Waals surface area (Å²) in [5, 5.41) is 3.86. The zero-order chi connectivity index (χ0) is 14.4. The van der Waals surface area contributed by atoms with Gasteiger partial charge in [-0.15, -0.1) is 0 Å². The van der Waals surface area contributed by atoms with E-state index in [4.69, 9.17) is 0 Å². The Kier molecular flexibility index (Phi) is 6.83. The van der Waals surface area contributed by atoms with E-state index < -0.39 is 0 Å². The average molecular weight is 280 g/mol. The maximum atomic E-state index is 3.86. The van der Waals surface area contributed by atoms with Crippen molar-refractivity contribution in [2.45, 2.75) is 84.2 Å². The number of piperazine rings is 1. The molecule has 0 spiro atoms. The Hall–Kier alpha value is -0.0800. The fourth-order valence-corrected chi connectivity index (χ4v) is 4.23. The fourth-order valence-electron chi connectivity index (χ4n) is 4.23. The van der Waals surface area contributed by atoms with Crippen molar-refractivity contribution in [1.29, 1.82) is 0 Å². The van der Waals surface area contributed by atoms with E-state index in [1.807, 2.05) is 0 Å². The highest BCUT2D eigenvalue weighted by molar-refractivity contribution is 4.91. The number of nitrogens with zero attached hydrogens (tertiary/aromatic N) is 1. The Bertz CT molecular complexity index is 258. The second-order valence-corrected chi connectivity index (χ2v) is 7.55. The van der Waals surface area contributed by atoms with Gasteiger partial charge in [0.25, 0.3) is 0 Å². The molecule has 1 saturated carbocycles. The molecule has 0 radical (unpaired) electrons. The summed E-state index contributed by atoms with van der Waals surface area (Å²) in [6.45, 7) is 10.9. The summed E-state index contributed by atoms with van der Waals surface area (Å²) in [5.41, 5.74) is 0. The summed E-state index contributed by atoms with van der Waals surface area (Å²) in [6.07, 6.45) is 11.4. The van der Waals surface area contributed by atoms with Crippen LogP contribution >= 0.6 is 0 Å². The van der Waals surface area contributed by atoms with Crippen LogP contribution in [0.4, 0.5) is 0 Å². The van der Waals surface area contributed by atoms with E-state index in [-0.39, 0.29) is 0 Å². The van der Waals surface area contributed by atoms with Gasteiger partial charge in [0, 0.05) is 25.2 Å². The Morgan fingerprint density at radius 2 is 1.90 bits per heavy atom. The lowest BCUT2D eigenvalue weighted by molar-refractivity contribution is 0.0660. The summed E-state index contributed by atoms with van der Waals surface area (Å²) in [5.74, 6) is 1.78. The number of nitrogens with one attached hydrogen (secondary N) is 1. The van der Waals surface area contributed by atoms with E-state index in [0.717, 1.165) is 23.9 Å². The van der Waals surface area contributed by atoms with Gasteiger partial charge in [-0.05, 0) is 44.1 Å². The largest absolute Gasteiger partial charge is 0.311 e. The molecule has 1 saturated heterocycles. The van der Waals surface area contributed by atoms with Gasteiger partial charge >= 0.3 is 0 Å². The van der Waals surface area contributed by atoms with Crippen molar-refractivity contribution in [3.8, 4) is 0 Å². The maximum absolute atomic E-state index is 3.86. The number of rotatable bonds is 6. The normalized spacial score (nSPS) is 30.0. The number of hydrogen-bond acceptors (Lipinski definition) is 2. The van der Waals surface area contributed by atoms with Crippen molar-refractivity contribution >= 4 is 0 Å². The predicted octanol–water partition coefficient (Wildman–Crippen LogP) is 4.06. The molecule has 2 rings (SSSR count). The van der Waals surface area contributed by atoms with Crippen LogP contribution in [0.1, 0.15) is 72.1 Å². The van der Waals surface area contributed by atoms with Crippen LogP contribution in [0, 0.1) is 11.8 Å². The van der Waals surface area contributed by atoms with Gasteiger partial charge in [0.15, 0.2) is 0 Å². The highest BCUT2D eigenvalue weighted by Gasteiger charge is 2.33. The first-order chi connectivity index (χ1) is 9.70. The minimum atomic E-state index is 0.728. The molecule has 0 aromatic carbocycles. The van der Waals surface area contributed by atoms with Gasteiger partial charge in [-0.3, -0.25) is 4.90 Å². The zero-order valence-electron chi connectivity index (χ0n) is 14.0. The van der Waals surface area contributed by atoms with Crippen molar-refractivity contribution in [3.05, 3.63) is 0 Å². The van der Waals surface area contributed by atoms with Gasteiger partial charge in [0.2, 0.25) is 0 Å². The van der Waals surface area contributed by atoms with E-state index in [9.17, 15) is 0 Å². The molecule has 0 aromatic rings. The molecule has 1 aliphatic carbocycles. The molecule has 0 bridgehead atoms. The Labute approximate surface area is 126 Å². The smallest absolute Gasteiger partial charge is 0.0249 e. The molecular formula is C18H36N2. The second-order valence-electron chi connectivity index (χ2n) is 7.55. The van der Waals surface area contributed by atoms with Crippen LogP contribution < -0.4 is 5.32 Å². The first-order valence-electron chi connectivity index (χ1n) is 9.18. The summed E-state index contributed by atoms with van der Waals surface area (Å²) in [6, 6.07) is 1.55. The molecule has 118 valence electrons. The standard InChI is InChI=1S/C18H36N2/c1-4-5-11-20-14-17(12-15(2)3)19-13-18(20)16-9-7-6-8-10-16/h15-19H,4-14H2,1-3H3. The highest BCUT2D eigenvalue weighted by atomic mass is 15.2. The average Bonchev–Trinajstić information content (AvgIpc) is 2.45. The maximum Gasteiger partial charge on any atom is 0.0249 e. The lowest BCUT2D eigenvalue weighted by atomic mass is 9.81. The molecule has 2 heteroatoms. The van der Waals surface area contributed by atoms with Gasteiger partial charge < -0.3 is 5.32 Å². The van der Waals surface area contributed by atoms with E-state index in [1.54, 1.807) is 0 Å². The molecule has 0 aromatic heterocycles. The molecule has 2 nitrogen and oxygen atoms in total. The van der Waals surface area contributed by atoms with Gasteiger partial charge in [0.05, 0.1) is 0 Å². The quantitative estimate of drug-likeness (QED) is 0.789. The van der Waals surface area contributed by atoms with Gasteiger partial charge in [0.1, 0.15) is 0 Å². The first kappa shape index (κ1) is 16.3. The highest BCUT2D eigenvalue weighted by Crippen LogP contribution is 2.30. The molecule has 1 heterocycles. The Balaban J connectivity index is 1.91. The van der Waals surface area contributed by atoms with E-state index in [1.165, 1.54) is 71.0 Å². The minimum absolute atomic E-state index is 0.728. The van der Waals surface area contributed by atoms with Crippen LogP contribution in [0.15, 0.2) is 0 Å². The number of unbranched alkanes of at least 4 members (excludes halogenated alkanes) is 1. The van der Waals surface area contributed by atoms with Gasteiger partial charge in [-0.2, -0.15) is 0 Å². The topological polar surface area (TPSA) is 15.3 Å². The molecule has 20 heavy (non-hydrogen) atoms. The van der Waals surface area contributed by atoms with E-state index >= 15 is 0 Å². The Morgan fingerprint density at radius 3 is 2.55 bits per heavy atom. The molecule has 1 aliphatic heterocycles. The summed E-state index contributed by atoms with van der Waals surface area (Å²) < 4.78 is 0. The van der Waals surface area contributed by atoms with E-state index in [0.29, 0.717) is 0 Å². The van der Waals surface area contributed by atoms with Crippen LogP contribution in [0.25, 0.3) is 0 Å². The third-order valence-corrected chi connectivity index (χ3v) is 5.29. The van der Waals surface area contributed by atoms with Gasteiger partial charge in [-0.25, -0.2) is 0 Å². The van der Waals surface area contributed by atoms with Crippen molar-refractivity contribution in [2.24, 2.45) is 11.8 Å². The summed E-state index contributed by atoms with van der Waals surface area (Å²) >= 11 is 0. The van der Waals surface area contributed by atoms with Crippen molar-refractivity contribution < 1.29 is 0 Å². The van der Waals surface area contributed by atoms with Crippen molar-refractivity contribution in [1.82, 2.24) is 10.2 Å². The van der Waals surface area contributed by atoms with Crippen LogP contribution in [0.2, 0.25) is 0 Å². The lowest BCUT2D eigenvalue weighted by Gasteiger charge is -2.45. The second kappa shape index (κ2) is 8.38. The first-order valence-corrected chi connectivity index (χ1v) is 9.18. The molecule has 0 amide bonds. The SMILES string of the molecule is CCCCN1CC(CC(C)C)NCC1C1CCCCC1. The monoisotopic (exact) mass is 280 g/mol. The third kappa shape index (κ3) is 4.73. The predicted molar refractivity (Wildman–Crippen MR) is 88.1 cm³/mol. The molecule has 2 unspecified atom stereocenters. The Morgan fingerprint density at radius 1 is 1.15 bits per heavy atom. The van der Waals surface area contributed by atoms with E-state index in [2.05, 4.69) is 31.0 Å². The summed E-state index contributed by atoms with van der Waals surface area (Å²) in [7, 11) is 0. The van der Waals surface area contributed by atoms with Gasteiger partial charge in [-0.1, -0.05) is 46.5 Å². The number of hydrogen-bond donors (Lipinski definition) is 1. The van der Waals surface area contributed by atoms with Crippen molar-refractivity contribution in [3.63, 3.8) is 0 Å².